The first kappa shape index (κ1) is 16.5. The zero-order valence-corrected chi connectivity index (χ0v) is 15.9. The first-order valence-corrected chi connectivity index (χ1v) is 9.10. The van der Waals surface area contributed by atoms with E-state index in [1.54, 1.807) is 18.0 Å². The van der Waals surface area contributed by atoms with E-state index in [2.05, 4.69) is 35.6 Å². The summed E-state index contributed by atoms with van der Waals surface area (Å²) < 4.78 is 9.16. The van der Waals surface area contributed by atoms with Gasteiger partial charge in [-0.3, -0.25) is 4.57 Å². The Kier molecular flexibility index (Phi) is 3.65. The van der Waals surface area contributed by atoms with Crippen LogP contribution in [0.2, 0.25) is 0 Å². The molecule has 2 aromatic carbocycles. The zero-order valence-electron chi connectivity index (χ0n) is 15.9. The third-order valence-corrected chi connectivity index (χ3v) is 5.20. The number of aryl methyl sites for hydroxylation is 1. The van der Waals surface area contributed by atoms with Crippen LogP contribution in [-0.4, -0.2) is 31.3 Å². The van der Waals surface area contributed by atoms with E-state index in [-0.39, 0.29) is 0 Å². The number of hydrogen-bond donors (Lipinski definition) is 0. The predicted octanol–water partition coefficient (Wildman–Crippen LogP) is 4.36. The van der Waals surface area contributed by atoms with Crippen molar-refractivity contribution < 1.29 is 4.74 Å². The molecule has 0 unspecified atom stereocenters. The number of aromatic nitrogens is 5. The molecule has 0 N–H and O–H groups in total. The highest BCUT2D eigenvalue weighted by Crippen LogP contribution is 2.30. The van der Waals surface area contributed by atoms with E-state index in [1.807, 2.05) is 42.5 Å². The Balaban J connectivity index is 1.75. The summed E-state index contributed by atoms with van der Waals surface area (Å²) in [4.78, 5) is 9.54. The van der Waals surface area contributed by atoms with Crippen LogP contribution in [0.3, 0.4) is 0 Å². The van der Waals surface area contributed by atoms with Crippen LogP contribution in [0.15, 0.2) is 60.9 Å². The molecule has 0 saturated heterocycles. The Morgan fingerprint density at radius 1 is 0.893 bits per heavy atom. The number of hydrogen-bond acceptors (Lipinski definition) is 4. The van der Waals surface area contributed by atoms with Crippen LogP contribution in [-0.2, 0) is 0 Å². The third kappa shape index (κ3) is 2.38. The lowest BCUT2D eigenvalue weighted by Gasteiger charge is -2.07. The minimum Gasteiger partial charge on any atom is -0.497 e. The number of nitrogens with zero attached hydrogens (tertiary/aromatic N) is 5. The number of fused-ring (bicyclic) bond motifs is 3. The van der Waals surface area contributed by atoms with Gasteiger partial charge in [0.1, 0.15) is 12.1 Å². The molecular formula is C22H19N5O. The van der Waals surface area contributed by atoms with Gasteiger partial charge < -0.3 is 4.74 Å². The summed E-state index contributed by atoms with van der Waals surface area (Å²) in [5, 5.41) is 5.66. The van der Waals surface area contributed by atoms with Crippen molar-refractivity contribution in [3.63, 3.8) is 0 Å². The Morgan fingerprint density at radius 2 is 1.64 bits per heavy atom. The normalized spacial score (nSPS) is 11.4. The lowest BCUT2D eigenvalue weighted by Crippen LogP contribution is -1.98. The standard InChI is InChI=1S/C22H19N5O/c1-14-15(2)27(17-7-5-4-6-8-17)21-19(14)22-24-20(25-26(22)13-23-21)16-9-11-18(28-3)12-10-16/h4-13H,1-3H3. The van der Waals surface area contributed by atoms with Crippen LogP contribution in [0.1, 0.15) is 11.3 Å². The maximum atomic E-state index is 5.24. The molecule has 0 aliphatic carbocycles. The molecule has 138 valence electrons. The van der Waals surface area contributed by atoms with Crippen molar-refractivity contribution in [1.29, 1.82) is 0 Å². The number of rotatable bonds is 3. The van der Waals surface area contributed by atoms with Crippen LogP contribution in [0.25, 0.3) is 33.8 Å². The predicted molar refractivity (Wildman–Crippen MR) is 109 cm³/mol. The van der Waals surface area contributed by atoms with Crippen molar-refractivity contribution in [2.24, 2.45) is 0 Å². The van der Waals surface area contributed by atoms with Gasteiger partial charge in [0, 0.05) is 16.9 Å². The van der Waals surface area contributed by atoms with E-state index in [4.69, 9.17) is 14.7 Å². The van der Waals surface area contributed by atoms with Gasteiger partial charge in [-0.25, -0.2) is 14.5 Å². The van der Waals surface area contributed by atoms with Crippen LogP contribution >= 0.6 is 0 Å². The van der Waals surface area contributed by atoms with Crippen molar-refractivity contribution >= 4 is 16.7 Å². The molecule has 0 aliphatic rings. The van der Waals surface area contributed by atoms with E-state index < -0.39 is 0 Å². The molecule has 0 amide bonds. The highest BCUT2D eigenvalue weighted by molar-refractivity contribution is 5.95. The fraction of sp³-hybridized carbons (Fsp3) is 0.136. The van der Waals surface area contributed by atoms with E-state index in [0.29, 0.717) is 5.82 Å². The lowest BCUT2D eigenvalue weighted by molar-refractivity contribution is 0.415. The number of ether oxygens (including phenoxy) is 1. The van der Waals surface area contributed by atoms with Crippen LogP contribution in [0.5, 0.6) is 5.75 Å². The van der Waals surface area contributed by atoms with Gasteiger partial charge in [0.15, 0.2) is 17.1 Å². The quantitative estimate of drug-likeness (QED) is 0.474. The van der Waals surface area contributed by atoms with E-state index in [1.165, 1.54) is 0 Å². The molecule has 0 spiro atoms. The van der Waals surface area contributed by atoms with Crippen LogP contribution < -0.4 is 4.74 Å². The van der Waals surface area contributed by atoms with Crippen molar-refractivity contribution in [3.05, 3.63) is 72.2 Å². The van der Waals surface area contributed by atoms with E-state index in [9.17, 15) is 0 Å². The molecule has 0 radical (unpaired) electrons. The van der Waals surface area contributed by atoms with Crippen molar-refractivity contribution in [2.45, 2.75) is 13.8 Å². The highest BCUT2D eigenvalue weighted by atomic mass is 16.5. The van der Waals surface area contributed by atoms with E-state index in [0.717, 1.165) is 44.9 Å². The molecule has 3 heterocycles. The summed E-state index contributed by atoms with van der Waals surface area (Å²) in [5.41, 5.74) is 6.04. The second-order valence-electron chi connectivity index (χ2n) is 6.76. The molecule has 0 atom stereocenters. The fourth-order valence-corrected chi connectivity index (χ4v) is 3.62. The zero-order chi connectivity index (χ0) is 19.3. The number of para-hydroxylation sites is 1. The first-order chi connectivity index (χ1) is 13.7. The summed E-state index contributed by atoms with van der Waals surface area (Å²) in [5.74, 6) is 1.48. The molecule has 0 bridgehead atoms. The van der Waals surface area contributed by atoms with Gasteiger partial charge in [0.2, 0.25) is 0 Å². The molecule has 6 heteroatoms. The second-order valence-corrected chi connectivity index (χ2v) is 6.76. The Bertz CT molecular complexity index is 1300. The maximum Gasteiger partial charge on any atom is 0.182 e. The summed E-state index contributed by atoms with van der Waals surface area (Å²) in [7, 11) is 1.66. The first-order valence-electron chi connectivity index (χ1n) is 9.10. The van der Waals surface area contributed by atoms with Crippen LogP contribution in [0.4, 0.5) is 0 Å². The summed E-state index contributed by atoms with van der Waals surface area (Å²) in [6, 6.07) is 18.0. The van der Waals surface area contributed by atoms with Gasteiger partial charge in [-0.05, 0) is 55.8 Å². The third-order valence-electron chi connectivity index (χ3n) is 5.20. The van der Waals surface area contributed by atoms with Gasteiger partial charge >= 0.3 is 0 Å². The average Bonchev–Trinajstić information content (AvgIpc) is 3.28. The minimum atomic E-state index is 0.668. The average molecular weight is 369 g/mol. The van der Waals surface area contributed by atoms with Gasteiger partial charge in [-0.15, -0.1) is 5.10 Å². The topological polar surface area (TPSA) is 57.2 Å². The minimum absolute atomic E-state index is 0.668. The van der Waals surface area contributed by atoms with E-state index >= 15 is 0 Å². The summed E-state index contributed by atoms with van der Waals surface area (Å²) >= 11 is 0. The van der Waals surface area contributed by atoms with Gasteiger partial charge in [0.25, 0.3) is 0 Å². The molecule has 5 aromatic rings. The molecule has 0 fully saturated rings. The lowest BCUT2D eigenvalue weighted by atomic mass is 10.2. The van der Waals surface area contributed by atoms with Crippen molar-refractivity contribution in [1.82, 2.24) is 24.1 Å². The number of methoxy groups -OCH3 is 1. The van der Waals surface area contributed by atoms with Gasteiger partial charge in [-0.2, -0.15) is 0 Å². The Labute approximate surface area is 162 Å². The maximum absolute atomic E-state index is 5.24. The van der Waals surface area contributed by atoms with Gasteiger partial charge in [-0.1, -0.05) is 18.2 Å². The smallest absolute Gasteiger partial charge is 0.182 e. The summed E-state index contributed by atoms with van der Waals surface area (Å²) in [6.45, 7) is 4.22. The SMILES string of the molecule is COc1ccc(-c2nc3c4c(C)c(C)n(-c5ccccc5)c4ncn3n2)cc1. The Hall–Kier alpha value is -3.67. The highest BCUT2D eigenvalue weighted by Gasteiger charge is 2.19. The molecular weight excluding hydrogens is 350 g/mol. The van der Waals surface area contributed by atoms with Crippen molar-refractivity contribution in [3.8, 4) is 22.8 Å². The molecule has 5 rings (SSSR count). The van der Waals surface area contributed by atoms with Crippen molar-refractivity contribution in [2.75, 3.05) is 7.11 Å². The summed E-state index contributed by atoms with van der Waals surface area (Å²) in [6.07, 6.45) is 1.73. The molecule has 0 saturated carbocycles. The van der Waals surface area contributed by atoms with Crippen LogP contribution in [0, 0.1) is 13.8 Å². The molecule has 3 aromatic heterocycles. The second kappa shape index (κ2) is 6.20. The molecule has 28 heavy (non-hydrogen) atoms. The molecule has 6 nitrogen and oxygen atoms in total. The largest absolute Gasteiger partial charge is 0.497 e. The fourth-order valence-electron chi connectivity index (χ4n) is 3.62. The Morgan fingerprint density at radius 3 is 2.36 bits per heavy atom. The monoisotopic (exact) mass is 369 g/mol. The number of benzene rings is 2. The molecule has 0 aliphatic heterocycles. The van der Waals surface area contributed by atoms with Gasteiger partial charge in [0.05, 0.1) is 12.5 Å².